The van der Waals surface area contributed by atoms with E-state index in [9.17, 15) is 0 Å². The standard InChI is InChI=1S/C13H27N/c1-5-8-13(4,9-11(2)3)10-14-12-6-7-12/h11-12,14H,5-10H2,1-4H3. The molecule has 0 bridgehead atoms. The molecule has 1 fully saturated rings. The molecule has 0 aromatic heterocycles. The molecule has 1 aliphatic carbocycles. The SMILES string of the molecule is CCCC(C)(CNC1CC1)CC(C)C. The highest BCUT2D eigenvalue weighted by atomic mass is 15.0. The molecule has 0 spiro atoms. The normalized spacial score (nSPS) is 21.2. The van der Waals surface area contributed by atoms with Crippen LogP contribution in [0.15, 0.2) is 0 Å². The number of hydrogen-bond acceptors (Lipinski definition) is 1. The zero-order valence-corrected chi connectivity index (χ0v) is 10.4. The highest BCUT2D eigenvalue weighted by Gasteiger charge is 2.28. The highest BCUT2D eigenvalue weighted by Crippen LogP contribution is 2.32. The smallest absolute Gasteiger partial charge is 0.00684 e. The average molecular weight is 197 g/mol. The minimum absolute atomic E-state index is 0.533. The molecule has 1 heteroatoms. The van der Waals surface area contributed by atoms with Crippen LogP contribution in [-0.4, -0.2) is 12.6 Å². The molecule has 0 heterocycles. The third kappa shape index (κ3) is 4.45. The molecule has 0 amide bonds. The Morgan fingerprint density at radius 2 is 2.00 bits per heavy atom. The van der Waals surface area contributed by atoms with Crippen LogP contribution in [0.5, 0.6) is 0 Å². The summed E-state index contributed by atoms with van der Waals surface area (Å²) in [5, 5.41) is 3.69. The van der Waals surface area contributed by atoms with Gasteiger partial charge in [0, 0.05) is 12.6 Å². The van der Waals surface area contributed by atoms with Crippen molar-refractivity contribution in [2.75, 3.05) is 6.54 Å². The van der Waals surface area contributed by atoms with Gasteiger partial charge in [-0.2, -0.15) is 0 Å². The molecule has 1 nitrogen and oxygen atoms in total. The fourth-order valence-corrected chi connectivity index (χ4v) is 2.53. The van der Waals surface area contributed by atoms with Crippen molar-refractivity contribution in [2.24, 2.45) is 11.3 Å². The molecule has 84 valence electrons. The zero-order valence-electron chi connectivity index (χ0n) is 10.4. The summed E-state index contributed by atoms with van der Waals surface area (Å²) in [4.78, 5) is 0. The van der Waals surface area contributed by atoms with Gasteiger partial charge >= 0.3 is 0 Å². The van der Waals surface area contributed by atoms with E-state index in [4.69, 9.17) is 0 Å². The third-order valence-electron chi connectivity index (χ3n) is 3.15. The highest BCUT2D eigenvalue weighted by molar-refractivity contribution is 4.85. The van der Waals surface area contributed by atoms with Crippen LogP contribution in [0.3, 0.4) is 0 Å². The van der Waals surface area contributed by atoms with Crippen molar-refractivity contribution >= 4 is 0 Å². The Kier molecular flexibility index (Phi) is 4.43. The summed E-state index contributed by atoms with van der Waals surface area (Å²) >= 11 is 0. The molecular formula is C13H27N. The van der Waals surface area contributed by atoms with Gasteiger partial charge in [0.25, 0.3) is 0 Å². The molecule has 1 N–H and O–H groups in total. The van der Waals surface area contributed by atoms with Gasteiger partial charge in [-0.3, -0.25) is 0 Å². The van der Waals surface area contributed by atoms with E-state index in [0.717, 1.165) is 12.0 Å². The van der Waals surface area contributed by atoms with Crippen molar-refractivity contribution in [3.63, 3.8) is 0 Å². The lowest BCUT2D eigenvalue weighted by molar-refractivity contribution is 0.223. The van der Waals surface area contributed by atoms with Crippen LogP contribution in [0, 0.1) is 11.3 Å². The second kappa shape index (κ2) is 5.16. The average Bonchev–Trinajstić information content (AvgIpc) is 2.82. The van der Waals surface area contributed by atoms with Crippen LogP contribution in [0.2, 0.25) is 0 Å². The van der Waals surface area contributed by atoms with E-state index < -0.39 is 0 Å². The predicted molar refractivity (Wildman–Crippen MR) is 63.5 cm³/mol. The van der Waals surface area contributed by atoms with Crippen molar-refractivity contribution in [1.29, 1.82) is 0 Å². The van der Waals surface area contributed by atoms with E-state index in [1.165, 1.54) is 38.6 Å². The van der Waals surface area contributed by atoms with E-state index in [-0.39, 0.29) is 0 Å². The maximum Gasteiger partial charge on any atom is 0.00684 e. The summed E-state index contributed by atoms with van der Waals surface area (Å²) in [5.74, 6) is 0.826. The third-order valence-corrected chi connectivity index (χ3v) is 3.15. The van der Waals surface area contributed by atoms with Gasteiger partial charge in [0.15, 0.2) is 0 Å². The number of nitrogens with one attached hydrogen (secondary N) is 1. The van der Waals surface area contributed by atoms with Crippen molar-refractivity contribution in [3.05, 3.63) is 0 Å². The van der Waals surface area contributed by atoms with E-state index in [1.807, 2.05) is 0 Å². The maximum absolute atomic E-state index is 3.69. The summed E-state index contributed by atoms with van der Waals surface area (Å²) < 4.78 is 0. The lowest BCUT2D eigenvalue weighted by atomic mass is 9.78. The fraction of sp³-hybridized carbons (Fsp3) is 1.00. The topological polar surface area (TPSA) is 12.0 Å². The van der Waals surface area contributed by atoms with Crippen LogP contribution in [-0.2, 0) is 0 Å². The molecule has 1 atom stereocenters. The van der Waals surface area contributed by atoms with E-state index in [0.29, 0.717) is 5.41 Å². The molecule has 0 aliphatic heterocycles. The van der Waals surface area contributed by atoms with Crippen molar-refractivity contribution < 1.29 is 0 Å². The monoisotopic (exact) mass is 197 g/mol. The Labute approximate surface area is 89.7 Å². The first-order valence-electron chi connectivity index (χ1n) is 6.29. The molecule has 1 aliphatic rings. The summed E-state index contributed by atoms with van der Waals surface area (Å²) in [5.41, 5.74) is 0.533. The van der Waals surface area contributed by atoms with Crippen molar-refractivity contribution in [1.82, 2.24) is 5.32 Å². The van der Waals surface area contributed by atoms with Gasteiger partial charge in [0.1, 0.15) is 0 Å². The second-order valence-corrected chi connectivity index (χ2v) is 5.81. The van der Waals surface area contributed by atoms with Gasteiger partial charge in [-0.25, -0.2) is 0 Å². The molecule has 0 aromatic rings. The van der Waals surface area contributed by atoms with Crippen LogP contribution in [0.4, 0.5) is 0 Å². The Bertz CT molecular complexity index is 161. The van der Waals surface area contributed by atoms with Crippen LogP contribution in [0.1, 0.15) is 59.8 Å². The van der Waals surface area contributed by atoms with E-state index in [1.54, 1.807) is 0 Å². The molecular weight excluding hydrogens is 170 g/mol. The minimum atomic E-state index is 0.533. The Balaban J connectivity index is 2.32. The second-order valence-electron chi connectivity index (χ2n) is 5.81. The van der Waals surface area contributed by atoms with Gasteiger partial charge in [-0.15, -0.1) is 0 Å². The first-order chi connectivity index (χ1) is 6.56. The molecule has 0 radical (unpaired) electrons. The van der Waals surface area contributed by atoms with Gasteiger partial charge < -0.3 is 5.32 Å². The van der Waals surface area contributed by atoms with E-state index in [2.05, 4.69) is 33.0 Å². The Morgan fingerprint density at radius 3 is 2.43 bits per heavy atom. The molecule has 0 aromatic carbocycles. The number of rotatable bonds is 7. The predicted octanol–water partition coefficient (Wildman–Crippen LogP) is 3.59. The van der Waals surface area contributed by atoms with Gasteiger partial charge in [0.2, 0.25) is 0 Å². The minimum Gasteiger partial charge on any atom is -0.313 e. The van der Waals surface area contributed by atoms with Gasteiger partial charge in [-0.1, -0.05) is 34.1 Å². The van der Waals surface area contributed by atoms with Crippen LogP contribution in [0.25, 0.3) is 0 Å². The number of hydrogen-bond donors (Lipinski definition) is 1. The molecule has 1 saturated carbocycles. The summed E-state index contributed by atoms with van der Waals surface area (Å²) in [6.07, 6.45) is 6.86. The molecule has 0 saturated heterocycles. The first-order valence-corrected chi connectivity index (χ1v) is 6.29. The quantitative estimate of drug-likeness (QED) is 0.657. The molecule has 1 rings (SSSR count). The van der Waals surface area contributed by atoms with Crippen LogP contribution >= 0.6 is 0 Å². The maximum atomic E-state index is 3.69. The zero-order chi connectivity index (χ0) is 10.6. The lowest BCUT2D eigenvalue weighted by Gasteiger charge is -2.31. The summed E-state index contributed by atoms with van der Waals surface area (Å²) in [6.45, 7) is 10.7. The van der Waals surface area contributed by atoms with Crippen LogP contribution < -0.4 is 5.32 Å². The molecule has 1 unspecified atom stereocenters. The van der Waals surface area contributed by atoms with Crippen molar-refractivity contribution in [2.45, 2.75) is 65.8 Å². The van der Waals surface area contributed by atoms with E-state index >= 15 is 0 Å². The summed E-state index contributed by atoms with van der Waals surface area (Å²) in [7, 11) is 0. The van der Waals surface area contributed by atoms with Crippen molar-refractivity contribution in [3.8, 4) is 0 Å². The first kappa shape index (κ1) is 12.0. The summed E-state index contributed by atoms with van der Waals surface area (Å²) in [6, 6.07) is 0.860. The fourth-order valence-electron chi connectivity index (χ4n) is 2.53. The lowest BCUT2D eigenvalue weighted by Crippen LogP contribution is -2.34. The Morgan fingerprint density at radius 1 is 1.36 bits per heavy atom. The van der Waals surface area contributed by atoms with Gasteiger partial charge in [0.05, 0.1) is 0 Å². The largest absolute Gasteiger partial charge is 0.313 e. The molecule has 14 heavy (non-hydrogen) atoms. The Hall–Kier alpha value is -0.0400. The van der Waals surface area contributed by atoms with Gasteiger partial charge in [-0.05, 0) is 37.0 Å².